The second kappa shape index (κ2) is 8.39. The van der Waals surface area contributed by atoms with E-state index in [1.54, 1.807) is 12.1 Å². The third-order valence-electron chi connectivity index (χ3n) is 6.33. The summed E-state index contributed by atoms with van der Waals surface area (Å²) in [5.41, 5.74) is 1.87. The van der Waals surface area contributed by atoms with Crippen LogP contribution < -0.4 is 10.3 Å². The molecule has 0 amide bonds. The number of rotatable bonds is 5. The number of fused-ring (bicyclic) bond motifs is 4. The van der Waals surface area contributed by atoms with Crippen molar-refractivity contribution in [2.24, 2.45) is 5.92 Å². The van der Waals surface area contributed by atoms with Crippen molar-refractivity contribution in [1.29, 1.82) is 0 Å². The summed E-state index contributed by atoms with van der Waals surface area (Å²) in [6.45, 7) is 2.77. The molecule has 4 heterocycles. The number of furan rings is 1. The van der Waals surface area contributed by atoms with E-state index in [2.05, 4.69) is 9.64 Å². The van der Waals surface area contributed by atoms with Gasteiger partial charge < -0.3 is 18.8 Å². The normalized spacial score (nSPS) is 20.5. The zero-order valence-corrected chi connectivity index (χ0v) is 17.7. The molecule has 1 N–H and O–H groups in total. The fourth-order valence-electron chi connectivity index (χ4n) is 5.04. The Morgan fingerprint density at radius 3 is 2.45 bits per heavy atom. The lowest BCUT2D eigenvalue weighted by atomic mass is 9.82. The zero-order valence-electron chi connectivity index (χ0n) is 17.7. The van der Waals surface area contributed by atoms with Crippen molar-refractivity contribution in [3.05, 3.63) is 76.1 Å². The number of aliphatic hydroxyl groups is 1. The summed E-state index contributed by atoms with van der Waals surface area (Å²) in [7, 11) is 0. The van der Waals surface area contributed by atoms with Gasteiger partial charge in [-0.05, 0) is 54.3 Å². The third kappa shape index (κ3) is 4.56. The van der Waals surface area contributed by atoms with Gasteiger partial charge in [0.1, 0.15) is 23.9 Å². The summed E-state index contributed by atoms with van der Waals surface area (Å²) in [6, 6.07) is 12.8. The van der Waals surface area contributed by atoms with E-state index in [4.69, 9.17) is 4.42 Å². The van der Waals surface area contributed by atoms with Crippen LogP contribution >= 0.6 is 0 Å². The summed E-state index contributed by atoms with van der Waals surface area (Å²) in [5.74, 6) is 1.57. The molecule has 0 saturated carbocycles. The average molecular weight is 460 g/mol. The minimum absolute atomic E-state index is 0.123. The Morgan fingerprint density at radius 2 is 1.76 bits per heavy atom. The predicted molar refractivity (Wildman–Crippen MR) is 114 cm³/mol. The van der Waals surface area contributed by atoms with Crippen LogP contribution in [-0.4, -0.2) is 34.0 Å². The number of benzene rings is 1. The first-order valence-electron chi connectivity index (χ1n) is 10.8. The van der Waals surface area contributed by atoms with Gasteiger partial charge in [0, 0.05) is 36.8 Å². The molecule has 3 aromatic rings. The van der Waals surface area contributed by atoms with E-state index in [1.165, 1.54) is 24.3 Å². The molecule has 2 bridgehead atoms. The van der Waals surface area contributed by atoms with Gasteiger partial charge in [0.25, 0.3) is 5.56 Å². The summed E-state index contributed by atoms with van der Waals surface area (Å²) in [6.07, 6.45) is -3.74. The number of halogens is 3. The van der Waals surface area contributed by atoms with Crippen molar-refractivity contribution in [3.63, 3.8) is 0 Å². The largest absolute Gasteiger partial charge is 0.573 e. The van der Waals surface area contributed by atoms with E-state index in [-0.39, 0.29) is 23.8 Å². The highest BCUT2D eigenvalue weighted by atomic mass is 19.4. The lowest BCUT2D eigenvalue weighted by molar-refractivity contribution is -0.274. The van der Waals surface area contributed by atoms with Crippen molar-refractivity contribution in [3.8, 4) is 16.9 Å². The monoisotopic (exact) mass is 460 g/mol. The van der Waals surface area contributed by atoms with Crippen LogP contribution in [0.3, 0.4) is 0 Å². The minimum Gasteiger partial charge on any atom is -0.462 e. The highest BCUT2D eigenvalue weighted by Gasteiger charge is 2.35. The van der Waals surface area contributed by atoms with E-state index >= 15 is 0 Å². The highest BCUT2D eigenvalue weighted by Crippen LogP contribution is 2.36. The van der Waals surface area contributed by atoms with E-state index in [0.717, 1.165) is 31.0 Å². The van der Waals surface area contributed by atoms with Crippen LogP contribution in [-0.2, 0) is 19.7 Å². The van der Waals surface area contributed by atoms with Gasteiger partial charge >= 0.3 is 6.36 Å². The van der Waals surface area contributed by atoms with Crippen molar-refractivity contribution in [1.82, 2.24) is 9.47 Å². The Kier molecular flexibility index (Phi) is 5.54. The third-order valence-corrected chi connectivity index (χ3v) is 6.33. The first kappa shape index (κ1) is 21.8. The Morgan fingerprint density at radius 1 is 1.00 bits per heavy atom. The van der Waals surface area contributed by atoms with E-state index in [1.807, 2.05) is 16.7 Å². The topological polar surface area (TPSA) is 67.8 Å². The van der Waals surface area contributed by atoms with Crippen LogP contribution in [0.4, 0.5) is 13.2 Å². The molecule has 2 aliphatic rings. The van der Waals surface area contributed by atoms with Gasteiger partial charge in [-0.15, -0.1) is 13.2 Å². The van der Waals surface area contributed by atoms with Crippen LogP contribution in [0.25, 0.3) is 11.1 Å². The molecular formula is C24H23F3N2O4. The SMILES string of the molecule is O=c1c(-c2ccc(OC(F)(F)F)cc2)ccc2n1C[C@@H]1C[C@@H]2CN(Cc2ccc(CO)o2)C1. The molecule has 1 saturated heterocycles. The van der Waals surface area contributed by atoms with Gasteiger partial charge in [0.05, 0.1) is 6.54 Å². The number of nitrogens with zero attached hydrogens (tertiary/aromatic N) is 2. The second-order valence-electron chi connectivity index (χ2n) is 8.68. The number of hydrogen-bond acceptors (Lipinski definition) is 5. The molecule has 1 aromatic carbocycles. The number of hydrogen-bond donors (Lipinski definition) is 1. The zero-order chi connectivity index (χ0) is 23.2. The van der Waals surface area contributed by atoms with Crippen LogP contribution in [0.1, 0.15) is 29.6 Å². The second-order valence-corrected chi connectivity index (χ2v) is 8.68. The molecular weight excluding hydrogens is 437 g/mol. The van der Waals surface area contributed by atoms with Crippen molar-refractivity contribution >= 4 is 0 Å². The standard InChI is InChI=1S/C24H23F3N2O4/c25-24(26,27)33-18-3-1-16(2-4-18)21-7-8-22-17-9-15(11-29(22)23(21)31)10-28(12-17)13-19-5-6-20(14-30)32-19/h1-8,15,17,30H,9-14H2/t15-,17-/m1/s1. The number of aliphatic hydroxyl groups excluding tert-OH is 1. The van der Waals surface area contributed by atoms with Crippen LogP contribution in [0.2, 0.25) is 0 Å². The van der Waals surface area contributed by atoms with Gasteiger partial charge in [0.15, 0.2) is 0 Å². The average Bonchev–Trinajstić information content (AvgIpc) is 3.22. The highest BCUT2D eigenvalue weighted by molar-refractivity contribution is 5.63. The Hall–Kier alpha value is -3.04. The van der Waals surface area contributed by atoms with Crippen molar-refractivity contribution < 1.29 is 27.4 Å². The van der Waals surface area contributed by atoms with E-state index in [0.29, 0.717) is 35.9 Å². The molecule has 6 nitrogen and oxygen atoms in total. The fourth-order valence-corrected chi connectivity index (χ4v) is 5.04. The smallest absolute Gasteiger partial charge is 0.462 e. The number of alkyl halides is 3. The molecule has 0 unspecified atom stereocenters. The van der Waals surface area contributed by atoms with Gasteiger partial charge in [-0.25, -0.2) is 0 Å². The molecule has 1 fully saturated rings. The Balaban J connectivity index is 1.36. The Bertz CT molecular complexity index is 1200. The predicted octanol–water partition coefficient (Wildman–Crippen LogP) is 4.12. The van der Waals surface area contributed by atoms with Gasteiger partial charge in [-0.1, -0.05) is 12.1 Å². The maximum absolute atomic E-state index is 13.3. The maximum atomic E-state index is 13.3. The number of ether oxygens (including phenoxy) is 1. The number of piperidine rings is 1. The first-order chi connectivity index (χ1) is 15.8. The number of aromatic nitrogens is 1. The fraction of sp³-hybridized carbons (Fsp3) is 0.375. The van der Waals surface area contributed by atoms with Crippen molar-refractivity contribution in [2.45, 2.75) is 38.4 Å². The number of likely N-dealkylation sites (tertiary alicyclic amines) is 1. The molecule has 174 valence electrons. The van der Waals surface area contributed by atoms with Crippen LogP contribution in [0, 0.1) is 5.92 Å². The van der Waals surface area contributed by atoms with Crippen LogP contribution in [0.5, 0.6) is 5.75 Å². The van der Waals surface area contributed by atoms with E-state index < -0.39 is 6.36 Å². The first-order valence-corrected chi connectivity index (χ1v) is 10.8. The molecule has 2 atom stereocenters. The lowest BCUT2D eigenvalue weighted by Crippen LogP contribution is -2.46. The quantitative estimate of drug-likeness (QED) is 0.621. The molecule has 33 heavy (non-hydrogen) atoms. The molecule has 0 aliphatic carbocycles. The molecule has 2 aliphatic heterocycles. The van der Waals surface area contributed by atoms with Gasteiger partial charge in [0.2, 0.25) is 0 Å². The van der Waals surface area contributed by atoms with Crippen LogP contribution in [0.15, 0.2) is 57.7 Å². The number of pyridine rings is 1. The molecule has 0 spiro atoms. The van der Waals surface area contributed by atoms with Gasteiger partial charge in [-0.2, -0.15) is 0 Å². The molecule has 5 rings (SSSR count). The molecule has 0 radical (unpaired) electrons. The summed E-state index contributed by atoms with van der Waals surface area (Å²) in [4.78, 5) is 15.6. The van der Waals surface area contributed by atoms with Gasteiger partial charge in [-0.3, -0.25) is 9.69 Å². The molecule has 9 heteroatoms. The molecule has 2 aromatic heterocycles. The summed E-state index contributed by atoms with van der Waals surface area (Å²) < 4.78 is 48.6. The Labute approximate surface area is 187 Å². The summed E-state index contributed by atoms with van der Waals surface area (Å²) >= 11 is 0. The maximum Gasteiger partial charge on any atom is 0.573 e. The van der Waals surface area contributed by atoms with Crippen molar-refractivity contribution in [2.75, 3.05) is 13.1 Å². The lowest BCUT2D eigenvalue weighted by Gasteiger charge is -2.42. The van der Waals surface area contributed by atoms with E-state index in [9.17, 15) is 23.1 Å². The minimum atomic E-state index is -4.75. The summed E-state index contributed by atoms with van der Waals surface area (Å²) in [5, 5.41) is 9.20.